The minimum atomic E-state index is -3.96. The summed E-state index contributed by atoms with van der Waals surface area (Å²) in [6.07, 6.45) is 0.775. The smallest absolute Gasteiger partial charge is 0.396 e. The van der Waals surface area contributed by atoms with E-state index in [1.54, 1.807) is 60.7 Å². The van der Waals surface area contributed by atoms with Crippen molar-refractivity contribution < 1.29 is 27.6 Å². The van der Waals surface area contributed by atoms with Crippen molar-refractivity contribution >= 4 is 41.1 Å². The van der Waals surface area contributed by atoms with Crippen LogP contribution in [0.1, 0.15) is 64.4 Å². The topological polar surface area (TPSA) is 122 Å². The van der Waals surface area contributed by atoms with E-state index in [1.807, 2.05) is 0 Å². The molecule has 8 nitrogen and oxygen atoms in total. The van der Waals surface area contributed by atoms with Gasteiger partial charge in [0.25, 0.3) is 0 Å². The van der Waals surface area contributed by atoms with Crippen LogP contribution in [0.25, 0.3) is 11.5 Å². The summed E-state index contributed by atoms with van der Waals surface area (Å²) in [5.41, 5.74) is 9.22. The van der Waals surface area contributed by atoms with E-state index in [0.717, 1.165) is 11.3 Å². The third-order valence-corrected chi connectivity index (χ3v) is 8.55. The number of furan rings is 1. The van der Waals surface area contributed by atoms with E-state index in [1.165, 1.54) is 25.2 Å². The number of nitrogen functional groups attached to an aromatic ring is 1. The van der Waals surface area contributed by atoms with Crippen molar-refractivity contribution in [1.29, 1.82) is 0 Å². The van der Waals surface area contributed by atoms with Gasteiger partial charge in [-0.05, 0) is 49.4 Å². The Labute approximate surface area is 231 Å². The second-order valence-electron chi connectivity index (χ2n) is 9.61. The van der Waals surface area contributed by atoms with Gasteiger partial charge in [0.1, 0.15) is 5.69 Å². The molecule has 2 aromatic heterocycles. The van der Waals surface area contributed by atoms with E-state index in [-0.39, 0.29) is 30.3 Å². The van der Waals surface area contributed by atoms with Crippen LogP contribution in [0.5, 0.6) is 0 Å². The second kappa shape index (κ2) is 12.2. The SMILES string of the molecule is CC(=O)c1ccc(COP(=O)(OCc2ccc(C(C)=O)cc2)c2ccc(-c3nc(N)sc3CC(C)C)o2)cc1. The lowest BCUT2D eigenvalue weighted by atomic mass is 10.1. The number of ketones is 2. The average Bonchev–Trinajstić information content (AvgIpc) is 3.53. The summed E-state index contributed by atoms with van der Waals surface area (Å²) in [7, 11) is -3.96. The number of nitrogens with zero attached hydrogens (tertiary/aromatic N) is 1. The Bertz CT molecular complexity index is 1440. The van der Waals surface area contributed by atoms with Crippen LogP contribution in [-0.4, -0.2) is 16.6 Å². The molecule has 0 amide bonds. The van der Waals surface area contributed by atoms with Crippen LogP contribution in [0.3, 0.4) is 0 Å². The van der Waals surface area contributed by atoms with Crippen LogP contribution < -0.4 is 11.2 Å². The van der Waals surface area contributed by atoms with Gasteiger partial charge in [0.05, 0.1) is 13.2 Å². The lowest BCUT2D eigenvalue weighted by molar-refractivity contribution is 0.100. The van der Waals surface area contributed by atoms with Crippen molar-refractivity contribution in [1.82, 2.24) is 4.98 Å². The molecule has 2 N–H and O–H groups in total. The fourth-order valence-corrected chi connectivity index (χ4v) is 6.31. The minimum Gasteiger partial charge on any atom is -0.446 e. The zero-order valence-corrected chi connectivity index (χ0v) is 24.0. The number of thiazole rings is 1. The van der Waals surface area contributed by atoms with Gasteiger partial charge in [0.15, 0.2) is 22.5 Å². The van der Waals surface area contributed by atoms with Gasteiger partial charge in [-0.3, -0.25) is 23.2 Å². The third-order valence-electron chi connectivity index (χ3n) is 5.93. The Kier molecular flexibility index (Phi) is 8.97. The fraction of sp³-hybridized carbons (Fsp3) is 0.276. The van der Waals surface area contributed by atoms with E-state index >= 15 is 0 Å². The molecule has 0 aliphatic carbocycles. The van der Waals surface area contributed by atoms with E-state index in [4.69, 9.17) is 19.2 Å². The molecule has 204 valence electrons. The lowest BCUT2D eigenvalue weighted by Crippen LogP contribution is -2.09. The molecule has 0 fully saturated rings. The zero-order valence-electron chi connectivity index (χ0n) is 22.3. The van der Waals surface area contributed by atoms with Gasteiger partial charge in [0, 0.05) is 16.0 Å². The molecule has 0 aliphatic heterocycles. The van der Waals surface area contributed by atoms with Crippen LogP contribution in [0.15, 0.2) is 65.1 Å². The fourth-order valence-electron chi connectivity index (χ4n) is 3.83. The van der Waals surface area contributed by atoms with Gasteiger partial charge >= 0.3 is 7.60 Å². The Morgan fingerprint density at radius 2 is 1.41 bits per heavy atom. The number of anilines is 1. The Hall–Kier alpha value is -3.36. The van der Waals surface area contributed by atoms with Gasteiger partial charge < -0.3 is 10.2 Å². The number of benzene rings is 2. The predicted octanol–water partition coefficient (Wildman–Crippen LogP) is 6.84. The number of carbonyl (C=O) groups excluding carboxylic acids is 2. The molecule has 0 saturated heterocycles. The summed E-state index contributed by atoms with van der Waals surface area (Å²) in [6.45, 7) is 7.14. The van der Waals surface area contributed by atoms with Crippen LogP contribution in [0, 0.1) is 5.92 Å². The van der Waals surface area contributed by atoms with Crippen molar-refractivity contribution in [3.63, 3.8) is 0 Å². The van der Waals surface area contributed by atoms with Crippen molar-refractivity contribution in [2.75, 3.05) is 5.73 Å². The predicted molar refractivity (Wildman–Crippen MR) is 152 cm³/mol. The number of Topliss-reactive ketones (excluding diaryl/α,β-unsaturated/α-hetero) is 2. The molecule has 4 rings (SSSR count). The molecule has 2 heterocycles. The molecular weight excluding hydrogens is 535 g/mol. The Morgan fingerprint density at radius 3 is 1.87 bits per heavy atom. The van der Waals surface area contributed by atoms with Gasteiger partial charge in [-0.1, -0.05) is 62.4 Å². The lowest BCUT2D eigenvalue weighted by Gasteiger charge is -2.17. The molecule has 0 radical (unpaired) electrons. The van der Waals surface area contributed by atoms with Crippen LogP contribution in [0.4, 0.5) is 5.13 Å². The minimum absolute atomic E-state index is 0.0307. The number of carbonyl (C=O) groups is 2. The highest BCUT2D eigenvalue weighted by molar-refractivity contribution is 7.61. The first-order chi connectivity index (χ1) is 18.5. The van der Waals surface area contributed by atoms with Crippen molar-refractivity contribution in [3.05, 3.63) is 87.8 Å². The average molecular weight is 567 g/mol. The third kappa shape index (κ3) is 7.19. The number of rotatable bonds is 12. The Morgan fingerprint density at radius 1 is 0.897 bits per heavy atom. The van der Waals surface area contributed by atoms with Crippen molar-refractivity contribution in [2.45, 2.75) is 47.3 Å². The maximum Gasteiger partial charge on any atom is 0.396 e. The first-order valence-electron chi connectivity index (χ1n) is 12.5. The molecule has 0 atom stereocenters. The maximum absolute atomic E-state index is 14.1. The molecule has 0 aliphatic rings. The van der Waals surface area contributed by atoms with E-state index in [0.29, 0.717) is 44.8 Å². The van der Waals surface area contributed by atoms with Crippen molar-refractivity contribution in [3.8, 4) is 11.5 Å². The highest BCUT2D eigenvalue weighted by Gasteiger charge is 2.33. The maximum atomic E-state index is 14.1. The van der Waals surface area contributed by atoms with E-state index in [2.05, 4.69) is 18.8 Å². The molecule has 0 bridgehead atoms. The highest BCUT2D eigenvalue weighted by Crippen LogP contribution is 2.50. The molecule has 39 heavy (non-hydrogen) atoms. The molecule has 0 spiro atoms. The molecular formula is C29H31N2O6PS. The summed E-state index contributed by atoms with van der Waals surface area (Å²) in [5.74, 6) is 0.724. The van der Waals surface area contributed by atoms with Crippen LogP contribution in [-0.2, 0) is 33.2 Å². The zero-order chi connectivity index (χ0) is 28.2. The van der Waals surface area contributed by atoms with Gasteiger partial charge in [-0.2, -0.15) is 0 Å². The quantitative estimate of drug-likeness (QED) is 0.146. The number of aromatic nitrogens is 1. The van der Waals surface area contributed by atoms with Crippen LogP contribution in [0.2, 0.25) is 0 Å². The summed E-state index contributed by atoms with van der Waals surface area (Å²) in [4.78, 5) is 28.6. The molecule has 0 saturated carbocycles. The number of nitrogens with two attached hydrogens (primary N) is 1. The first kappa shape index (κ1) is 28.6. The van der Waals surface area contributed by atoms with Gasteiger partial charge in [-0.25, -0.2) is 4.98 Å². The summed E-state index contributed by atoms with van der Waals surface area (Å²) >= 11 is 1.40. The normalized spacial score (nSPS) is 11.7. The van der Waals surface area contributed by atoms with E-state index < -0.39 is 7.60 Å². The highest BCUT2D eigenvalue weighted by atomic mass is 32.1. The summed E-state index contributed by atoms with van der Waals surface area (Å²) in [5, 5.41) is 0.428. The molecule has 0 unspecified atom stereocenters. The monoisotopic (exact) mass is 566 g/mol. The van der Waals surface area contributed by atoms with Crippen molar-refractivity contribution in [2.24, 2.45) is 5.92 Å². The van der Waals surface area contributed by atoms with Gasteiger partial charge in [0.2, 0.25) is 5.50 Å². The van der Waals surface area contributed by atoms with Crippen LogP contribution >= 0.6 is 18.9 Å². The molecule has 2 aromatic carbocycles. The number of hydrogen-bond acceptors (Lipinski definition) is 9. The standard InChI is InChI=1S/C29H31N2O6PS/c1-18(2)15-26-28(31-29(30)39-26)25-13-14-27(37-25)38(34,35-16-21-5-9-23(10-6-21)19(3)32)36-17-22-7-11-24(12-8-22)20(4)33/h5-14,18H,15-17H2,1-4H3,(H2,30,31). The molecule has 10 heteroatoms. The first-order valence-corrected chi connectivity index (χ1v) is 14.8. The Balaban J connectivity index is 1.61. The molecule has 4 aromatic rings. The second-order valence-corrected chi connectivity index (χ2v) is 12.7. The number of hydrogen-bond donors (Lipinski definition) is 1. The summed E-state index contributed by atoms with van der Waals surface area (Å²) in [6, 6.07) is 17.0. The summed E-state index contributed by atoms with van der Waals surface area (Å²) < 4.78 is 32.0. The largest absolute Gasteiger partial charge is 0.446 e. The van der Waals surface area contributed by atoms with Gasteiger partial charge in [-0.15, -0.1) is 11.3 Å². The van der Waals surface area contributed by atoms with E-state index in [9.17, 15) is 14.2 Å².